The number of hydrogen-bond acceptors (Lipinski definition) is 7. The number of thioether (sulfide) groups is 1. The van der Waals surface area contributed by atoms with Crippen LogP contribution < -0.4 is 15.9 Å². The maximum atomic E-state index is 14.6. The van der Waals surface area contributed by atoms with Gasteiger partial charge in [0.25, 0.3) is 0 Å². The van der Waals surface area contributed by atoms with Gasteiger partial charge >= 0.3 is 5.69 Å². The van der Waals surface area contributed by atoms with Gasteiger partial charge in [0.15, 0.2) is 39.9 Å². The first-order chi connectivity index (χ1) is 18.9. The maximum Gasteiger partial charge on any atom is 0.355 e. The van der Waals surface area contributed by atoms with E-state index in [1.807, 2.05) is 13.8 Å². The summed E-state index contributed by atoms with van der Waals surface area (Å²) in [6, 6.07) is 2.24. The second-order valence-electron chi connectivity index (χ2n) is 9.61. The lowest BCUT2D eigenvalue weighted by Crippen LogP contribution is -2.56. The van der Waals surface area contributed by atoms with Crippen LogP contribution in [0.4, 0.5) is 33.5 Å². The Morgan fingerprint density at radius 3 is 2.30 bits per heavy atom. The van der Waals surface area contributed by atoms with Gasteiger partial charge < -0.3 is 10.2 Å². The number of nitrogens with one attached hydrogen (secondary N) is 1. The third-order valence-electron chi connectivity index (χ3n) is 6.65. The highest BCUT2D eigenvalue weighted by atomic mass is 35.5. The minimum absolute atomic E-state index is 0.0250. The largest absolute Gasteiger partial charge is 0.363 e. The van der Waals surface area contributed by atoms with Crippen molar-refractivity contribution < 1.29 is 22.0 Å². The number of hydrogen-bond donors (Lipinski definition) is 1. The number of anilines is 2. The van der Waals surface area contributed by atoms with Crippen LogP contribution in [0, 0.1) is 36.0 Å². The van der Waals surface area contributed by atoms with Gasteiger partial charge in [-0.25, -0.2) is 36.3 Å². The summed E-state index contributed by atoms with van der Waals surface area (Å²) < 4.78 is 73.6. The summed E-state index contributed by atoms with van der Waals surface area (Å²) >= 11 is 6.56. The summed E-state index contributed by atoms with van der Waals surface area (Å²) in [5.41, 5.74) is 0.202. The van der Waals surface area contributed by atoms with Crippen molar-refractivity contribution in [3.63, 3.8) is 0 Å². The third-order valence-corrected chi connectivity index (χ3v) is 7.68. The molecule has 14 heteroatoms. The Hall–Kier alpha value is -3.45. The van der Waals surface area contributed by atoms with Crippen molar-refractivity contribution in [2.75, 3.05) is 29.6 Å². The summed E-state index contributed by atoms with van der Waals surface area (Å²) in [6.45, 7) is 5.43. The van der Waals surface area contributed by atoms with Crippen molar-refractivity contribution in [3.05, 3.63) is 74.3 Å². The van der Waals surface area contributed by atoms with Crippen LogP contribution >= 0.6 is 23.4 Å². The number of benzene rings is 1. The first-order valence-electron chi connectivity index (χ1n) is 12.1. The molecular formula is C26H22ClF5N6OS. The Morgan fingerprint density at radius 2 is 1.70 bits per heavy atom. The second-order valence-corrected chi connectivity index (χ2v) is 10.8. The van der Waals surface area contributed by atoms with Gasteiger partial charge in [0, 0.05) is 19.3 Å². The molecule has 4 heterocycles. The van der Waals surface area contributed by atoms with E-state index in [1.165, 1.54) is 10.8 Å². The predicted octanol–water partition coefficient (Wildman–Crippen LogP) is 5.98. The lowest BCUT2D eigenvalue weighted by Gasteiger charge is -2.41. The highest BCUT2D eigenvalue weighted by Crippen LogP contribution is 2.37. The van der Waals surface area contributed by atoms with Gasteiger partial charge in [0.05, 0.1) is 27.7 Å². The molecule has 4 aromatic rings. The fourth-order valence-corrected chi connectivity index (χ4v) is 5.37. The normalized spacial score (nSPS) is 13.8. The molecule has 1 aliphatic heterocycles. The molecular weight excluding hydrogens is 575 g/mol. The van der Waals surface area contributed by atoms with Gasteiger partial charge in [-0.2, -0.15) is 4.98 Å². The number of rotatable bonds is 6. The number of halogens is 6. The van der Waals surface area contributed by atoms with E-state index >= 15 is 0 Å². The molecule has 0 atom stereocenters. The van der Waals surface area contributed by atoms with Gasteiger partial charge in [0.2, 0.25) is 0 Å². The van der Waals surface area contributed by atoms with E-state index in [0.717, 1.165) is 11.0 Å². The lowest BCUT2D eigenvalue weighted by molar-refractivity contribution is 0.414. The Bertz CT molecular complexity index is 1700. The Kier molecular flexibility index (Phi) is 7.38. The number of fused-ring (bicyclic) bond motifs is 1. The lowest BCUT2D eigenvalue weighted by atomic mass is 10.0. The maximum absolute atomic E-state index is 14.6. The molecule has 5 rings (SSSR count). The van der Waals surface area contributed by atoms with E-state index in [1.54, 1.807) is 19.2 Å². The van der Waals surface area contributed by atoms with Crippen LogP contribution in [0.15, 0.2) is 28.0 Å². The van der Waals surface area contributed by atoms with Crippen LogP contribution in [0.2, 0.25) is 5.15 Å². The highest BCUT2D eigenvalue weighted by molar-refractivity contribution is 7.98. The van der Waals surface area contributed by atoms with Crippen molar-refractivity contribution in [1.29, 1.82) is 0 Å². The molecule has 0 spiro atoms. The van der Waals surface area contributed by atoms with E-state index in [4.69, 9.17) is 11.6 Å². The number of pyridine rings is 2. The average molecular weight is 597 g/mol. The Labute approximate surface area is 234 Å². The molecule has 210 valence electrons. The molecule has 0 radical (unpaired) electrons. The van der Waals surface area contributed by atoms with E-state index in [2.05, 4.69) is 20.3 Å². The molecule has 3 aromatic heterocycles. The summed E-state index contributed by atoms with van der Waals surface area (Å²) in [5, 5.41) is 2.63. The minimum atomic E-state index is -1.50. The van der Waals surface area contributed by atoms with Crippen LogP contribution in [-0.2, 0) is 0 Å². The molecule has 0 unspecified atom stereocenters. The highest BCUT2D eigenvalue weighted by Gasteiger charge is 2.36. The quantitative estimate of drug-likeness (QED) is 0.127. The zero-order chi connectivity index (χ0) is 29.0. The van der Waals surface area contributed by atoms with E-state index in [-0.39, 0.29) is 35.9 Å². The summed E-state index contributed by atoms with van der Waals surface area (Å²) in [4.78, 5) is 26.4. The fraction of sp³-hybridized carbons (Fsp3) is 0.308. The molecule has 7 nitrogen and oxygen atoms in total. The Balaban J connectivity index is 1.54. The molecule has 0 aliphatic carbocycles. The van der Waals surface area contributed by atoms with Gasteiger partial charge in [-0.3, -0.25) is 4.98 Å². The van der Waals surface area contributed by atoms with Crippen molar-refractivity contribution in [2.24, 2.45) is 0 Å². The van der Waals surface area contributed by atoms with Crippen LogP contribution in [-0.4, -0.2) is 44.9 Å². The first-order valence-corrected chi connectivity index (χ1v) is 13.7. The molecule has 0 amide bonds. The van der Waals surface area contributed by atoms with E-state index in [9.17, 15) is 26.7 Å². The predicted molar refractivity (Wildman–Crippen MR) is 144 cm³/mol. The van der Waals surface area contributed by atoms with Crippen LogP contribution in [0.25, 0.3) is 16.7 Å². The molecule has 1 aromatic carbocycles. The Morgan fingerprint density at radius 1 is 1.05 bits per heavy atom. The standard InChI is InChI=1S/C26H22ClF5N6OS/c1-10(2)19-20(11(3)5-6-33-19)38-25-13(7-14(28)23(27)35-25)24(36-26(38)39)34-12-8-37(9-12)21-15(29)17(31)22(40-4)18(32)16(21)30/h5-7,10,12H,8-9H2,1-4H3,(H,34,36,39). The topological polar surface area (TPSA) is 75.9 Å². The van der Waals surface area contributed by atoms with Crippen molar-refractivity contribution in [1.82, 2.24) is 19.5 Å². The van der Waals surface area contributed by atoms with Gasteiger partial charge in [-0.05, 0) is 36.8 Å². The van der Waals surface area contributed by atoms with Gasteiger partial charge in [-0.15, -0.1) is 11.8 Å². The fourth-order valence-electron chi connectivity index (χ4n) is 4.70. The van der Waals surface area contributed by atoms with Crippen LogP contribution in [0.1, 0.15) is 31.0 Å². The minimum Gasteiger partial charge on any atom is -0.363 e. The number of aromatic nitrogens is 4. The summed E-state index contributed by atoms with van der Waals surface area (Å²) in [7, 11) is 0. The summed E-state index contributed by atoms with van der Waals surface area (Å²) in [6.07, 6.45) is 2.92. The number of aryl methyl sites for hydroxylation is 1. The molecule has 1 saturated heterocycles. The van der Waals surface area contributed by atoms with E-state index < -0.39 is 56.6 Å². The number of nitrogens with zero attached hydrogens (tertiary/aromatic N) is 5. The summed E-state index contributed by atoms with van der Waals surface area (Å²) in [5.74, 6) is -6.91. The van der Waals surface area contributed by atoms with E-state index in [0.29, 0.717) is 28.7 Å². The molecule has 40 heavy (non-hydrogen) atoms. The van der Waals surface area contributed by atoms with Gasteiger partial charge in [-0.1, -0.05) is 25.4 Å². The first kappa shape index (κ1) is 28.1. The SMILES string of the molecule is CSc1c(F)c(F)c(N2CC(Nc3nc(=O)n(-c4c(C)ccnc4C(C)C)c4nc(Cl)c(F)cc34)C2)c(F)c1F. The second kappa shape index (κ2) is 10.5. The van der Waals surface area contributed by atoms with Gasteiger partial charge in [0.1, 0.15) is 11.5 Å². The zero-order valence-corrected chi connectivity index (χ0v) is 23.2. The molecule has 0 saturated carbocycles. The molecule has 1 N–H and O–H groups in total. The van der Waals surface area contributed by atoms with Crippen molar-refractivity contribution >= 4 is 45.9 Å². The third kappa shape index (κ3) is 4.54. The zero-order valence-electron chi connectivity index (χ0n) is 21.6. The van der Waals surface area contributed by atoms with Crippen LogP contribution in [0.5, 0.6) is 0 Å². The smallest absolute Gasteiger partial charge is 0.355 e. The van der Waals surface area contributed by atoms with Crippen LogP contribution in [0.3, 0.4) is 0 Å². The molecule has 1 aliphatic rings. The van der Waals surface area contributed by atoms with Crippen molar-refractivity contribution in [2.45, 2.75) is 37.6 Å². The van der Waals surface area contributed by atoms with Crippen molar-refractivity contribution in [3.8, 4) is 5.69 Å². The molecule has 1 fully saturated rings. The average Bonchev–Trinajstić information content (AvgIpc) is 2.88. The monoisotopic (exact) mass is 596 g/mol. The molecule has 0 bridgehead atoms.